The minimum absolute atomic E-state index is 0.202. The maximum Gasteiger partial charge on any atom is 0.325 e. The maximum absolute atomic E-state index is 11.4. The summed E-state index contributed by atoms with van der Waals surface area (Å²) in [4.78, 5) is 11.4. The van der Waals surface area contributed by atoms with Crippen molar-refractivity contribution in [2.45, 2.75) is 19.1 Å². The molecule has 0 saturated heterocycles. The number of carbonyl (C=O) groups is 1. The van der Waals surface area contributed by atoms with E-state index in [4.69, 9.17) is 33.7 Å². The van der Waals surface area contributed by atoms with Gasteiger partial charge in [-0.2, -0.15) is 0 Å². The number of aliphatic hydroxyl groups is 1. The molecule has 1 aromatic rings. The minimum Gasteiger partial charge on any atom is -0.465 e. The molecule has 17 heavy (non-hydrogen) atoms. The summed E-state index contributed by atoms with van der Waals surface area (Å²) >= 11 is 11.6. The molecule has 94 valence electrons. The normalized spacial score (nSPS) is 14.2. The zero-order valence-electron chi connectivity index (χ0n) is 9.19. The number of nitrogens with two attached hydrogens (primary N) is 1. The first-order valence-corrected chi connectivity index (χ1v) is 5.78. The van der Waals surface area contributed by atoms with Gasteiger partial charge in [-0.25, -0.2) is 0 Å². The van der Waals surface area contributed by atoms with Gasteiger partial charge >= 0.3 is 5.97 Å². The molecule has 0 aliphatic carbocycles. The summed E-state index contributed by atoms with van der Waals surface area (Å²) in [6.45, 7) is 1.86. The van der Waals surface area contributed by atoms with Crippen molar-refractivity contribution in [1.29, 1.82) is 0 Å². The lowest BCUT2D eigenvalue weighted by atomic mass is 10.0. The lowest BCUT2D eigenvalue weighted by molar-refractivity contribution is -0.147. The number of aliphatic hydroxyl groups excluding tert-OH is 1. The first-order chi connectivity index (χ1) is 7.97. The van der Waals surface area contributed by atoms with Gasteiger partial charge in [0.05, 0.1) is 6.61 Å². The van der Waals surface area contributed by atoms with Crippen molar-refractivity contribution in [3.05, 3.63) is 33.8 Å². The van der Waals surface area contributed by atoms with Crippen molar-refractivity contribution in [3.63, 3.8) is 0 Å². The summed E-state index contributed by atoms with van der Waals surface area (Å²) in [5.74, 6) is -0.675. The van der Waals surface area contributed by atoms with Crippen LogP contribution in [0.5, 0.6) is 0 Å². The van der Waals surface area contributed by atoms with Gasteiger partial charge in [-0.3, -0.25) is 4.79 Å². The molecule has 0 aliphatic rings. The highest BCUT2D eigenvalue weighted by molar-refractivity contribution is 6.35. The van der Waals surface area contributed by atoms with Crippen LogP contribution in [0.25, 0.3) is 0 Å². The van der Waals surface area contributed by atoms with Gasteiger partial charge in [-0.05, 0) is 19.1 Å². The van der Waals surface area contributed by atoms with Crippen LogP contribution in [0.4, 0.5) is 0 Å². The molecule has 4 nitrogen and oxygen atoms in total. The second kappa shape index (κ2) is 6.21. The fourth-order valence-electron chi connectivity index (χ4n) is 1.30. The third-order valence-electron chi connectivity index (χ3n) is 2.18. The number of hydrogen-bond acceptors (Lipinski definition) is 4. The van der Waals surface area contributed by atoms with Crippen molar-refractivity contribution in [1.82, 2.24) is 0 Å². The smallest absolute Gasteiger partial charge is 0.325 e. The van der Waals surface area contributed by atoms with Crippen LogP contribution >= 0.6 is 23.2 Å². The molecule has 0 bridgehead atoms. The van der Waals surface area contributed by atoms with Crippen LogP contribution in [-0.4, -0.2) is 23.7 Å². The Balaban J connectivity index is 2.88. The number of esters is 1. The number of halogens is 2. The fraction of sp³-hybridized carbons (Fsp3) is 0.364. The topological polar surface area (TPSA) is 72.5 Å². The first kappa shape index (κ1) is 14.3. The third kappa shape index (κ3) is 3.57. The summed E-state index contributed by atoms with van der Waals surface area (Å²) < 4.78 is 4.72. The van der Waals surface area contributed by atoms with Crippen molar-refractivity contribution < 1.29 is 14.6 Å². The molecule has 2 unspecified atom stereocenters. The Morgan fingerprint density at radius 2 is 2.18 bits per heavy atom. The van der Waals surface area contributed by atoms with E-state index < -0.39 is 18.1 Å². The van der Waals surface area contributed by atoms with Crippen LogP contribution in [0.2, 0.25) is 10.0 Å². The van der Waals surface area contributed by atoms with Gasteiger partial charge in [0, 0.05) is 15.6 Å². The Kier molecular flexibility index (Phi) is 5.21. The monoisotopic (exact) mass is 277 g/mol. The molecule has 0 heterocycles. The number of rotatable bonds is 4. The summed E-state index contributed by atoms with van der Waals surface area (Å²) in [5, 5.41) is 10.6. The van der Waals surface area contributed by atoms with E-state index >= 15 is 0 Å². The summed E-state index contributed by atoms with van der Waals surface area (Å²) in [6.07, 6.45) is -1.22. The molecule has 2 atom stereocenters. The fourth-order valence-corrected chi connectivity index (χ4v) is 1.82. The lowest BCUT2D eigenvalue weighted by Crippen LogP contribution is -2.38. The average molecular weight is 278 g/mol. The van der Waals surface area contributed by atoms with Crippen LogP contribution in [0.15, 0.2) is 18.2 Å². The molecular weight excluding hydrogens is 265 g/mol. The number of carbonyl (C=O) groups excluding carboxylic acids is 1. The molecule has 0 saturated carbocycles. The van der Waals surface area contributed by atoms with Crippen LogP contribution in [0, 0.1) is 0 Å². The Hall–Kier alpha value is -0.810. The maximum atomic E-state index is 11.4. The average Bonchev–Trinajstić information content (AvgIpc) is 2.27. The van der Waals surface area contributed by atoms with Gasteiger partial charge in [0.1, 0.15) is 12.1 Å². The van der Waals surface area contributed by atoms with Gasteiger partial charge in [0.2, 0.25) is 0 Å². The van der Waals surface area contributed by atoms with E-state index in [1.807, 2.05) is 0 Å². The van der Waals surface area contributed by atoms with Crippen LogP contribution < -0.4 is 5.73 Å². The molecule has 0 spiro atoms. The molecule has 3 N–H and O–H groups in total. The SMILES string of the molecule is CCOC(=O)C(N)C(O)c1ccc(Cl)cc1Cl. The number of hydrogen-bond donors (Lipinski definition) is 2. The Morgan fingerprint density at radius 1 is 1.53 bits per heavy atom. The van der Waals surface area contributed by atoms with Gasteiger partial charge < -0.3 is 15.6 Å². The van der Waals surface area contributed by atoms with E-state index in [-0.39, 0.29) is 11.6 Å². The highest BCUT2D eigenvalue weighted by atomic mass is 35.5. The van der Waals surface area contributed by atoms with Gasteiger partial charge in [-0.15, -0.1) is 0 Å². The van der Waals surface area contributed by atoms with Gasteiger partial charge in [0.25, 0.3) is 0 Å². The number of benzene rings is 1. The predicted octanol–water partition coefficient (Wildman–Crippen LogP) is 1.92. The highest BCUT2D eigenvalue weighted by Gasteiger charge is 2.26. The Labute approximate surface area is 109 Å². The van der Waals surface area contributed by atoms with Gasteiger partial charge in [-0.1, -0.05) is 29.3 Å². The standard InChI is InChI=1S/C11H13Cl2NO3/c1-2-17-11(16)9(14)10(15)7-4-3-6(12)5-8(7)13/h3-5,9-10,15H,2,14H2,1H3. The molecule has 6 heteroatoms. The van der Waals surface area contributed by atoms with E-state index in [0.717, 1.165) is 0 Å². The molecule has 0 radical (unpaired) electrons. The second-order valence-electron chi connectivity index (χ2n) is 3.39. The van der Waals surface area contributed by atoms with Crippen molar-refractivity contribution >= 4 is 29.2 Å². The molecular formula is C11H13Cl2NO3. The molecule has 0 fully saturated rings. The second-order valence-corrected chi connectivity index (χ2v) is 4.23. The zero-order chi connectivity index (χ0) is 13.0. The van der Waals surface area contributed by atoms with Gasteiger partial charge in [0.15, 0.2) is 0 Å². The van der Waals surface area contributed by atoms with Crippen LogP contribution in [-0.2, 0) is 9.53 Å². The number of ether oxygens (including phenoxy) is 1. The van der Waals surface area contributed by atoms with E-state index in [1.54, 1.807) is 13.0 Å². The highest BCUT2D eigenvalue weighted by Crippen LogP contribution is 2.27. The molecule has 0 amide bonds. The lowest BCUT2D eigenvalue weighted by Gasteiger charge is -2.18. The minimum atomic E-state index is -1.22. The van der Waals surface area contributed by atoms with Crippen molar-refractivity contribution in [2.75, 3.05) is 6.61 Å². The first-order valence-electron chi connectivity index (χ1n) is 5.02. The van der Waals surface area contributed by atoms with E-state index in [9.17, 15) is 9.90 Å². The molecule has 1 aromatic carbocycles. The third-order valence-corrected chi connectivity index (χ3v) is 2.74. The molecule has 1 rings (SSSR count). The Bertz CT molecular complexity index is 412. The Morgan fingerprint density at radius 3 is 2.71 bits per heavy atom. The van der Waals surface area contributed by atoms with Crippen molar-refractivity contribution in [3.8, 4) is 0 Å². The predicted molar refractivity (Wildman–Crippen MR) is 66.0 cm³/mol. The van der Waals surface area contributed by atoms with E-state index in [0.29, 0.717) is 10.6 Å². The molecule has 0 aromatic heterocycles. The van der Waals surface area contributed by atoms with Crippen molar-refractivity contribution in [2.24, 2.45) is 5.73 Å². The largest absolute Gasteiger partial charge is 0.465 e. The van der Waals surface area contributed by atoms with Crippen LogP contribution in [0.1, 0.15) is 18.6 Å². The summed E-state index contributed by atoms with van der Waals surface area (Å²) in [7, 11) is 0. The summed E-state index contributed by atoms with van der Waals surface area (Å²) in [6, 6.07) is 3.38. The molecule has 0 aliphatic heterocycles. The van der Waals surface area contributed by atoms with E-state index in [2.05, 4.69) is 0 Å². The van der Waals surface area contributed by atoms with Crippen LogP contribution in [0.3, 0.4) is 0 Å². The summed E-state index contributed by atoms with van der Waals surface area (Å²) in [5.41, 5.74) is 5.91. The van der Waals surface area contributed by atoms with E-state index in [1.165, 1.54) is 12.1 Å². The quantitative estimate of drug-likeness (QED) is 0.825. The zero-order valence-corrected chi connectivity index (χ0v) is 10.7.